The van der Waals surface area contributed by atoms with Gasteiger partial charge in [0.15, 0.2) is 5.96 Å². The summed E-state index contributed by atoms with van der Waals surface area (Å²) in [5.74, 6) is 1.03. The molecule has 2 N–H and O–H groups in total. The number of guanidine groups is 1. The van der Waals surface area contributed by atoms with E-state index in [0.717, 1.165) is 58.1 Å². The van der Waals surface area contributed by atoms with Crippen molar-refractivity contribution in [1.29, 1.82) is 0 Å². The number of hydrogen-bond acceptors (Lipinski definition) is 3. The maximum Gasteiger partial charge on any atom is 0.193 e. The van der Waals surface area contributed by atoms with Gasteiger partial charge in [0.25, 0.3) is 0 Å². The minimum Gasteiger partial charge on any atom is -0.393 e. The highest BCUT2D eigenvalue weighted by Crippen LogP contribution is 2.33. The molecule has 0 radical (unpaired) electrons. The van der Waals surface area contributed by atoms with Gasteiger partial charge in [0.1, 0.15) is 0 Å². The lowest BCUT2D eigenvalue weighted by Crippen LogP contribution is -2.49. The number of aliphatic hydroxyl groups excluding tert-OH is 1. The second-order valence-electron chi connectivity index (χ2n) is 9.31. The standard InChI is InChI=1S/C24H40N4O/c1-4-12-24(2)13-5-14-28(19-24)23(25-3)26-17-20-6-8-21(9-7-20)18-27-15-10-22(29)11-16-27/h6-9,22,29H,4-5,10-19H2,1-3H3,(H,25,26). The average molecular weight is 401 g/mol. The fourth-order valence-electron chi connectivity index (χ4n) is 4.92. The molecular weight excluding hydrogens is 360 g/mol. The molecule has 5 heteroatoms. The lowest BCUT2D eigenvalue weighted by atomic mass is 9.78. The largest absolute Gasteiger partial charge is 0.393 e. The molecule has 1 aromatic rings. The van der Waals surface area contributed by atoms with E-state index >= 15 is 0 Å². The van der Waals surface area contributed by atoms with Crippen LogP contribution in [0.2, 0.25) is 0 Å². The number of hydrogen-bond donors (Lipinski definition) is 2. The topological polar surface area (TPSA) is 51.1 Å². The van der Waals surface area contributed by atoms with E-state index in [-0.39, 0.29) is 6.10 Å². The van der Waals surface area contributed by atoms with Crippen LogP contribution in [0.3, 0.4) is 0 Å². The summed E-state index contributed by atoms with van der Waals surface area (Å²) >= 11 is 0. The number of benzene rings is 1. The molecule has 1 unspecified atom stereocenters. The van der Waals surface area contributed by atoms with Gasteiger partial charge in [-0.2, -0.15) is 0 Å². The first-order valence-corrected chi connectivity index (χ1v) is 11.5. The van der Waals surface area contributed by atoms with E-state index in [1.54, 1.807) is 0 Å². The van der Waals surface area contributed by atoms with Crippen molar-refractivity contribution in [3.05, 3.63) is 35.4 Å². The predicted octanol–water partition coefficient (Wildman–Crippen LogP) is 3.62. The van der Waals surface area contributed by atoms with Crippen molar-refractivity contribution in [3.8, 4) is 0 Å². The zero-order valence-corrected chi connectivity index (χ0v) is 18.7. The Kier molecular flexibility index (Phi) is 7.96. The highest BCUT2D eigenvalue weighted by molar-refractivity contribution is 5.80. The van der Waals surface area contributed by atoms with Crippen molar-refractivity contribution >= 4 is 5.96 Å². The van der Waals surface area contributed by atoms with E-state index in [0.29, 0.717) is 5.41 Å². The van der Waals surface area contributed by atoms with Crippen LogP contribution in [0.4, 0.5) is 0 Å². The summed E-state index contributed by atoms with van der Waals surface area (Å²) in [4.78, 5) is 9.44. The minimum atomic E-state index is -0.103. The first-order valence-electron chi connectivity index (χ1n) is 11.5. The summed E-state index contributed by atoms with van der Waals surface area (Å²) in [7, 11) is 1.90. The van der Waals surface area contributed by atoms with Crippen molar-refractivity contribution in [2.24, 2.45) is 10.4 Å². The first-order chi connectivity index (χ1) is 14.0. The molecule has 0 aliphatic carbocycles. The average Bonchev–Trinajstić information content (AvgIpc) is 2.71. The van der Waals surface area contributed by atoms with Crippen molar-refractivity contribution in [1.82, 2.24) is 15.1 Å². The Balaban J connectivity index is 1.49. The Hall–Kier alpha value is -1.59. The molecule has 2 fully saturated rings. The van der Waals surface area contributed by atoms with Gasteiger partial charge in [-0.25, -0.2) is 0 Å². The third-order valence-electron chi connectivity index (χ3n) is 6.58. The molecule has 0 aromatic heterocycles. The monoisotopic (exact) mass is 400 g/mol. The van der Waals surface area contributed by atoms with Crippen LogP contribution in [0, 0.1) is 5.41 Å². The molecule has 0 saturated carbocycles. The molecule has 1 atom stereocenters. The van der Waals surface area contributed by atoms with Gasteiger partial charge >= 0.3 is 0 Å². The van der Waals surface area contributed by atoms with Crippen LogP contribution in [0.15, 0.2) is 29.3 Å². The minimum absolute atomic E-state index is 0.103. The fourth-order valence-corrected chi connectivity index (χ4v) is 4.92. The molecule has 29 heavy (non-hydrogen) atoms. The maximum atomic E-state index is 9.66. The van der Waals surface area contributed by atoms with Crippen LogP contribution in [-0.2, 0) is 13.1 Å². The smallest absolute Gasteiger partial charge is 0.193 e. The Bertz CT molecular complexity index is 647. The fraction of sp³-hybridized carbons (Fsp3) is 0.708. The second kappa shape index (κ2) is 10.4. The molecule has 0 spiro atoms. The quantitative estimate of drug-likeness (QED) is 0.566. The predicted molar refractivity (Wildman–Crippen MR) is 121 cm³/mol. The van der Waals surface area contributed by atoms with E-state index < -0.39 is 0 Å². The highest BCUT2D eigenvalue weighted by Gasteiger charge is 2.31. The molecule has 5 nitrogen and oxygen atoms in total. The first kappa shape index (κ1) is 22.1. The number of aliphatic imine (C=N–C) groups is 1. The summed E-state index contributed by atoms with van der Waals surface area (Å²) in [6.45, 7) is 10.7. The number of nitrogens with one attached hydrogen (secondary N) is 1. The van der Waals surface area contributed by atoms with Gasteiger partial charge in [-0.05, 0) is 48.6 Å². The molecule has 2 aliphatic rings. The van der Waals surface area contributed by atoms with Crippen molar-refractivity contribution in [2.45, 2.75) is 71.6 Å². The molecule has 2 aliphatic heterocycles. The van der Waals surface area contributed by atoms with Crippen molar-refractivity contribution in [2.75, 3.05) is 33.2 Å². The lowest BCUT2D eigenvalue weighted by Gasteiger charge is -2.42. The van der Waals surface area contributed by atoms with Crippen LogP contribution in [0.5, 0.6) is 0 Å². The summed E-state index contributed by atoms with van der Waals surface area (Å²) < 4.78 is 0. The van der Waals surface area contributed by atoms with E-state index in [2.05, 4.69) is 58.2 Å². The molecule has 0 amide bonds. The Morgan fingerprint density at radius 2 is 1.86 bits per heavy atom. The molecule has 2 heterocycles. The molecule has 0 bridgehead atoms. The zero-order valence-electron chi connectivity index (χ0n) is 18.7. The van der Waals surface area contributed by atoms with Gasteiger partial charge in [0.05, 0.1) is 6.10 Å². The summed E-state index contributed by atoms with van der Waals surface area (Å²) in [6, 6.07) is 8.94. The van der Waals surface area contributed by atoms with Crippen LogP contribution < -0.4 is 5.32 Å². The summed E-state index contributed by atoms with van der Waals surface area (Å²) in [5, 5.41) is 13.2. The van der Waals surface area contributed by atoms with Gasteiger partial charge in [-0.15, -0.1) is 0 Å². The van der Waals surface area contributed by atoms with E-state index in [1.807, 2.05) is 7.05 Å². The van der Waals surface area contributed by atoms with E-state index in [4.69, 9.17) is 0 Å². The lowest BCUT2D eigenvalue weighted by molar-refractivity contribution is 0.0792. The Labute approximate surface area is 177 Å². The van der Waals surface area contributed by atoms with E-state index in [9.17, 15) is 5.11 Å². The molecule has 3 rings (SSSR count). The van der Waals surface area contributed by atoms with Gasteiger partial charge in [0, 0.05) is 46.3 Å². The highest BCUT2D eigenvalue weighted by atomic mass is 16.3. The molecule has 2 saturated heterocycles. The van der Waals surface area contributed by atoms with Crippen LogP contribution in [0.25, 0.3) is 0 Å². The Morgan fingerprint density at radius 3 is 2.52 bits per heavy atom. The Morgan fingerprint density at radius 1 is 1.17 bits per heavy atom. The van der Waals surface area contributed by atoms with Crippen LogP contribution in [-0.4, -0.2) is 60.2 Å². The number of rotatable bonds is 6. The van der Waals surface area contributed by atoms with Crippen LogP contribution in [0.1, 0.15) is 63.5 Å². The summed E-state index contributed by atoms with van der Waals surface area (Å²) in [5.41, 5.74) is 3.05. The molecule has 162 valence electrons. The number of likely N-dealkylation sites (tertiary alicyclic amines) is 2. The van der Waals surface area contributed by atoms with Crippen molar-refractivity contribution < 1.29 is 5.11 Å². The van der Waals surface area contributed by atoms with Gasteiger partial charge in [-0.3, -0.25) is 9.89 Å². The molecular formula is C24H40N4O. The van der Waals surface area contributed by atoms with Gasteiger partial charge in [-0.1, -0.05) is 44.5 Å². The molecule has 1 aromatic carbocycles. The summed E-state index contributed by atoms with van der Waals surface area (Å²) in [6.07, 6.45) is 6.81. The van der Waals surface area contributed by atoms with Crippen LogP contribution >= 0.6 is 0 Å². The zero-order chi connectivity index (χ0) is 20.7. The third kappa shape index (κ3) is 6.45. The maximum absolute atomic E-state index is 9.66. The number of aliphatic hydroxyl groups is 1. The van der Waals surface area contributed by atoms with E-state index in [1.165, 1.54) is 36.8 Å². The van der Waals surface area contributed by atoms with Gasteiger partial charge < -0.3 is 15.3 Å². The normalized spacial score (nSPS) is 24.7. The number of piperidine rings is 2. The third-order valence-corrected chi connectivity index (χ3v) is 6.58. The van der Waals surface area contributed by atoms with Crippen molar-refractivity contribution in [3.63, 3.8) is 0 Å². The second-order valence-corrected chi connectivity index (χ2v) is 9.31. The van der Waals surface area contributed by atoms with Gasteiger partial charge in [0.2, 0.25) is 0 Å². The SMILES string of the molecule is CCCC1(C)CCCN(C(=NC)NCc2ccc(CN3CCC(O)CC3)cc2)C1. The number of nitrogens with zero attached hydrogens (tertiary/aromatic N) is 3.